The fourth-order valence-electron chi connectivity index (χ4n) is 2.65. The van der Waals surface area contributed by atoms with Crippen molar-refractivity contribution in [2.24, 2.45) is 0 Å². The van der Waals surface area contributed by atoms with Gasteiger partial charge in [0.05, 0.1) is 23.3 Å². The summed E-state index contributed by atoms with van der Waals surface area (Å²) in [7, 11) is -2.04. The quantitative estimate of drug-likeness (QED) is 0.702. The number of imidazole rings is 1. The fourth-order valence-corrected chi connectivity index (χ4v) is 6.37. The zero-order valence-corrected chi connectivity index (χ0v) is 17.4. The minimum atomic E-state index is -3.64. The lowest BCUT2D eigenvalue weighted by atomic mass is 10.2. The molecule has 1 unspecified atom stereocenters. The molecule has 0 radical (unpaired) electrons. The van der Waals surface area contributed by atoms with Crippen LogP contribution in [0, 0.1) is 0 Å². The minimum absolute atomic E-state index is 0.0984. The Bertz CT molecular complexity index is 867. The second kappa shape index (κ2) is 7.30. The SMILES string of the molecule is COc1ccc(C2SCCN2S(=O)(=O)c2cn(C(C)C)cn2)cc1Br. The molecule has 136 valence electrons. The van der Waals surface area contributed by atoms with Crippen LogP contribution in [0.3, 0.4) is 0 Å². The minimum Gasteiger partial charge on any atom is -0.496 e. The van der Waals surface area contributed by atoms with Crippen LogP contribution in [-0.2, 0) is 10.0 Å². The molecule has 1 aromatic carbocycles. The molecule has 0 N–H and O–H groups in total. The van der Waals surface area contributed by atoms with Gasteiger partial charge in [-0.2, -0.15) is 4.31 Å². The number of hydrogen-bond acceptors (Lipinski definition) is 5. The third kappa shape index (κ3) is 3.60. The maximum absolute atomic E-state index is 13.1. The monoisotopic (exact) mass is 445 g/mol. The van der Waals surface area contributed by atoms with Crippen LogP contribution in [0.1, 0.15) is 30.8 Å². The molecule has 1 aliphatic rings. The third-order valence-electron chi connectivity index (χ3n) is 4.06. The standard InChI is InChI=1S/C16H20BrN3O3S2/c1-11(2)19-9-15(18-10-19)25(21,22)20-6-7-24-16(20)12-4-5-14(23-3)13(17)8-12/h4-5,8-11,16H,6-7H2,1-3H3. The molecule has 1 aromatic heterocycles. The van der Waals surface area contributed by atoms with Crippen LogP contribution < -0.4 is 4.74 Å². The Morgan fingerprint density at radius 3 is 2.76 bits per heavy atom. The highest BCUT2D eigenvalue weighted by molar-refractivity contribution is 9.10. The third-order valence-corrected chi connectivity index (χ3v) is 7.82. The van der Waals surface area contributed by atoms with Crippen molar-refractivity contribution < 1.29 is 13.2 Å². The number of hydrogen-bond donors (Lipinski definition) is 0. The average molecular weight is 446 g/mol. The smallest absolute Gasteiger partial charge is 0.263 e. The number of aromatic nitrogens is 2. The van der Waals surface area contributed by atoms with Gasteiger partial charge in [0.25, 0.3) is 10.0 Å². The molecule has 0 spiro atoms. The average Bonchev–Trinajstić information content (AvgIpc) is 3.24. The molecule has 0 aliphatic carbocycles. The van der Waals surface area contributed by atoms with Gasteiger partial charge in [0.1, 0.15) is 5.75 Å². The Morgan fingerprint density at radius 2 is 2.16 bits per heavy atom. The second-order valence-corrected chi connectivity index (χ2v) is 9.87. The van der Waals surface area contributed by atoms with E-state index in [9.17, 15) is 8.42 Å². The second-order valence-electron chi connectivity index (χ2n) is 5.99. The number of methoxy groups -OCH3 is 1. The van der Waals surface area contributed by atoms with Gasteiger partial charge < -0.3 is 9.30 Å². The Hall–Kier alpha value is -1.03. The van der Waals surface area contributed by atoms with Gasteiger partial charge in [0.2, 0.25) is 0 Å². The molecule has 1 saturated heterocycles. The molecule has 9 heteroatoms. The summed E-state index contributed by atoms with van der Waals surface area (Å²) in [5.74, 6) is 1.47. The van der Waals surface area contributed by atoms with Crippen molar-refractivity contribution in [2.75, 3.05) is 19.4 Å². The molecule has 0 saturated carbocycles. The summed E-state index contributed by atoms with van der Waals surface area (Å²) < 4.78 is 35.5. The van der Waals surface area contributed by atoms with Crippen LogP contribution in [0.15, 0.2) is 40.2 Å². The molecule has 2 aromatic rings. The van der Waals surface area contributed by atoms with E-state index in [1.807, 2.05) is 32.0 Å². The molecular formula is C16H20BrN3O3S2. The first-order valence-corrected chi connectivity index (χ1v) is 11.1. The van der Waals surface area contributed by atoms with Gasteiger partial charge >= 0.3 is 0 Å². The lowest BCUT2D eigenvalue weighted by Gasteiger charge is -2.23. The van der Waals surface area contributed by atoms with Gasteiger partial charge in [-0.1, -0.05) is 6.07 Å². The van der Waals surface area contributed by atoms with Crippen molar-refractivity contribution in [3.8, 4) is 5.75 Å². The Morgan fingerprint density at radius 1 is 1.40 bits per heavy atom. The summed E-state index contributed by atoms with van der Waals surface area (Å²) in [5.41, 5.74) is 0.919. The molecule has 0 bridgehead atoms. The number of rotatable bonds is 5. The van der Waals surface area contributed by atoms with Gasteiger partial charge in [-0.25, -0.2) is 13.4 Å². The van der Waals surface area contributed by atoms with Gasteiger partial charge in [0, 0.05) is 24.5 Å². The van der Waals surface area contributed by atoms with Crippen molar-refractivity contribution in [3.05, 3.63) is 40.8 Å². The van der Waals surface area contributed by atoms with Gasteiger partial charge in [-0.05, 0) is 47.5 Å². The van der Waals surface area contributed by atoms with Crippen LogP contribution in [0.5, 0.6) is 5.75 Å². The van der Waals surface area contributed by atoms with E-state index in [1.54, 1.807) is 36.0 Å². The summed E-state index contributed by atoms with van der Waals surface area (Å²) in [5, 5.41) is -0.169. The lowest BCUT2D eigenvalue weighted by Crippen LogP contribution is -2.30. The normalized spacial score (nSPS) is 18.8. The zero-order chi connectivity index (χ0) is 18.2. The van der Waals surface area contributed by atoms with Crippen LogP contribution in [0.25, 0.3) is 0 Å². The number of nitrogens with zero attached hydrogens (tertiary/aromatic N) is 3. The number of benzene rings is 1. The van der Waals surface area contributed by atoms with E-state index in [-0.39, 0.29) is 16.4 Å². The lowest BCUT2D eigenvalue weighted by molar-refractivity contribution is 0.410. The highest BCUT2D eigenvalue weighted by Gasteiger charge is 2.38. The molecule has 1 fully saturated rings. The topological polar surface area (TPSA) is 64.4 Å². The predicted molar refractivity (Wildman–Crippen MR) is 102 cm³/mol. The zero-order valence-electron chi connectivity index (χ0n) is 14.2. The number of ether oxygens (including phenoxy) is 1. The molecule has 1 atom stereocenters. The maximum Gasteiger partial charge on any atom is 0.263 e. The van der Waals surface area contributed by atoms with Crippen LogP contribution in [-0.4, -0.2) is 41.7 Å². The van der Waals surface area contributed by atoms with E-state index >= 15 is 0 Å². The number of sulfonamides is 1. The molecular weight excluding hydrogens is 426 g/mol. The van der Waals surface area contributed by atoms with Gasteiger partial charge in [0.15, 0.2) is 5.03 Å². The highest BCUT2D eigenvalue weighted by atomic mass is 79.9. The summed E-state index contributed by atoms with van der Waals surface area (Å²) in [6.45, 7) is 4.44. The first kappa shape index (κ1) is 18.8. The van der Waals surface area contributed by atoms with Crippen molar-refractivity contribution in [3.63, 3.8) is 0 Å². The highest BCUT2D eigenvalue weighted by Crippen LogP contribution is 2.42. The maximum atomic E-state index is 13.1. The van der Waals surface area contributed by atoms with E-state index in [4.69, 9.17) is 4.74 Å². The summed E-state index contributed by atoms with van der Waals surface area (Å²) in [6.07, 6.45) is 3.17. The van der Waals surface area contributed by atoms with Crippen molar-refractivity contribution >= 4 is 37.7 Å². The van der Waals surface area contributed by atoms with Crippen LogP contribution in [0.2, 0.25) is 0 Å². The van der Waals surface area contributed by atoms with E-state index in [0.717, 1.165) is 21.5 Å². The van der Waals surface area contributed by atoms with E-state index in [1.165, 1.54) is 4.31 Å². The Labute approximate surface area is 160 Å². The molecule has 2 heterocycles. The van der Waals surface area contributed by atoms with Crippen LogP contribution >= 0.6 is 27.7 Å². The Kier molecular flexibility index (Phi) is 5.48. The first-order chi connectivity index (χ1) is 11.8. The van der Waals surface area contributed by atoms with Gasteiger partial charge in [-0.15, -0.1) is 11.8 Å². The predicted octanol–water partition coefficient (Wildman–Crippen LogP) is 3.67. The summed E-state index contributed by atoms with van der Waals surface area (Å²) >= 11 is 5.08. The molecule has 6 nitrogen and oxygen atoms in total. The largest absolute Gasteiger partial charge is 0.496 e. The Balaban J connectivity index is 1.93. The van der Waals surface area contributed by atoms with Crippen molar-refractivity contribution in [2.45, 2.75) is 30.3 Å². The van der Waals surface area contributed by atoms with Crippen molar-refractivity contribution in [1.82, 2.24) is 13.9 Å². The van der Waals surface area contributed by atoms with Gasteiger partial charge in [-0.3, -0.25) is 0 Å². The van der Waals surface area contributed by atoms with Crippen molar-refractivity contribution in [1.29, 1.82) is 0 Å². The molecule has 25 heavy (non-hydrogen) atoms. The number of thioether (sulfide) groups is 1. The summed E-state index contributed by atoms with van der Waals surface area (Å²) in [4.78, 5) is 4.12. The van der Waals surface area contributed by atoms with E-state index in [2.05, 4.69) is 20.9 Å². The van der Waals surface area contributed by atoms with E-state index in [0.29, 0.717) is 6.54 Å². The molecule has 3 rings (SSSR count). The molecule has 0 amide bonds. The van der Waals surface area contributed by atoms with E-state index < -0.39 is 10.0 Å². The first-order valence-electron chi connectivity index (χ1n) is 7.85. The molecule has 1 aliphatic heterocycles. The summed E-state index contributed by atoms with van der Waals surface area (Å²) in [6, 6.07) is 5.83. The number of halogens is 1. The van der Waals surface area contributed by atoms with Crippen LogP contribution in [0.4, 0.5) is 0 Å². The fraction of sp³-hybridized carbons (Fsp3) is 0.438.